The number of hydrogen-bond acceptors (Lipinski definition) is 6. The molecule has 0 radical (unpaired) electrons. The molecular formula is C12H19N5O2. The summed E-state index contributed by atoms with van der Waals surface area (Å²) in [5.74, 6) is 0.982. The third kappa shape index (κ3) is 3.30. The summed E-state index contributed by atoms with van der Waals surface area (Å²) < 4.78 is 0. The number of nitrogens with two attached hydrogens (primary N) is 1. The minimum atomic E-state index is -0.445. The molecule has 0 amide bonds. The third-order valence-electron chi connectivity index (χ3n) is 3.17. The maximum Gasteiger partial charge on any atom is 0.329 e. The van der Waals surface area contributed by atoms with Crippen molar-refractivity contribution >= 4 is 17.5 Å². The van der Waals surface area contributed by atoms with Crippen molar-refractivity contribution in [3.8, 4) is 0 Å². The Labute approximate surface area is 112 Å². The van der Waals surface area contributed by atoms with Crippen molar-refractivity contribution in [3.05, 3.63) is 16.3 Å². The number of aromatic nitrogens is 2. The van der Waals surface area contributed by atoms with E-state index in [1.807, 2.05) is 4.90 Å². The Kier molecular flexibility index (Phi) is 3.82. The van der Waals surface area contributed by atoms with Crippen LogP contribution < -0.4 is 10.6 Å². The van der Waals surface area contributed by atoms with Crippen molar-refractivity contribution < 1.29 is 4.92 Å². The lowest BCUT2D eigenvalue weighted by molar-refractivity contribution is -0.384. The fraction of sp³-hybridized carbons (Fsp3) is 0.667. The van der Waals surface area contributed by atoms with E-state index in [1.54, 1.807) is 0 Å². The van der Waals surface area contributed by atoms with Crippen LogP contribution in [-0.2, 0) is 0 Å². The van der Waals surface area contributed by atoms with E-state index in [4.69, 9.17) is 5.73 Å². The van der Waals surface area contributed by atoms with Gasteiger partial charge < -0.3 is 10.6 Å². The average molecular weight is 265 g/mol. The quantitative estimate of drug-likeness (QED) is 0.623. The Balaban J connectivity index is 2.29. The van der Waals surface area contributed by atoms with Crippen LogP contribution >= 0.6 is 0 Å². The van der Waals surface area contributed by atoms with Gasteiger partial charge in [-0.15, -0.1) is 0 Å². The summed E-state index contributed by atoms with van der Waals surface area (Å²) in [6.45, 7) is 5.03. The number of hydrogen-bond donors (Lipinski definition) is 1. The Bertz CT molecular complexity index is 473. The predicted octanol–water partition coefficient (Wildman–Crippen LogP) is 1.98. The first-order chi connectivity index (χ1) is 8.99. The van der Waals surface area contributed by atoms with E-state index in [0.717, 1.165) is 25.8 Å². The van der Waals surface area contributed by atoms with E-state index in [-0.39, 0.29) is 11.6 Å². The zero-order valence-electron chi connectivity index (χ0n) is 11.2. The maximum absolute atomic E-state index is 11.1. The maximum atomic E-state index is 11.1. The van der Waals surface area contributed by atoms with Gasteiger partial charge in [0.15, 0.2) is 0 Å². The fourth-order valence-corrected chi connectivity index (χ4v) is 1.96. The van der Waals surface area contributed by atoms with Crippen LogP contribution in [0.5, 0.6) is 0 Å². The Hall–Kier alpha value is -1.92. The molecule has 1 aromatic heterocycles. The summed E-state index contributed by atoms with van der Waals surface area (Å²) in [7, 11) is 0. The highest BCUT2D eigenvalue weighted by atomic mass is 16.6. The molecule has 1 aliphatic carbocycles. The molecule has 1 saturated carbocycles. The SMILES string of the molecule is CC(C)CCN(c1nc(N)ncc1[N+](=O)[O-])C1CC1. The lowest BCUT2D eigenvalue weighted by Crippen LogP contribution is -2.29. The van der Waals surface area contributed by atoms with Crippen LogP contribution in [0.3, 0.4) is 0 Å². The van der Waals surface area contributed by atoms with Gasteiger partial charge in [-0.05, 0) is 25.2 Å². The van der Waals surface area contributed by atoms with Gasteiger partial charge in [-0.1, -0.05) is 13.8 Å². The predicted molar refractivity (Wildman–Crippen MR) is 72.9 cm³/mol. The molecule has 0 atom stereocenters. The van der Waals surface area contributed by atoms with Crippen molar-refractivity contribution in [2.24, 2.45) is 5.92 Å². The van der Waals surface area contributed by atoms with Gasteiger partial charge in [0.1, 0.15) is 6.20 Å². The van der Waals surface area contributed by atoms with E-state index in [2.05, 4.69) is 23.8 Å². The molecule has 1 aliphatic rings. The largest absolute Gasteiger partial charge is 0.368 e. The highest BCUT2D eigenvalue weighted by molar-refractivity contribution is 5.59. The van der Waals surface area contributed by atoms with Crippen molar-refractivity contribution in [2.45, 2.75) is 39.2 Å². The van der Waals surface area contributed by atoms with Crippen molar-refractivity contribution in [2.75, 3.05) is 17.2 Å². The summed E-state index contributed by atoms with van der Waals surface area (Å²) in [4.78, 5) is 20.4. The molecule has 1 heterocycles. The van der Waals surface area contributed by atoms with E-state index in [0.29, 0.717) is 17.8 Å². The Morgan fingerprint density at radius 2 is 2.26 bits per heavy atom. The first-order valence-corrected chi connectivity index (χ1v) is 6.52. The summed E-state index contributed by atoms with van der Waals surface area (Å²) in [5, 5.41) is 11.1. The molecule has 1 fully saturated rings. The smallest absolute Gasteiger partial charge is 0.329 e. The van der Waals surface area contributed by atoms with Crippen molar-refractivity contribution in [1.29, 1.82) is 0 Å². The highest BCUT2D eigenvalue weighted by Gasteiger charge is 2.34. The van der Waals surface area contributed by atoms with Crippen LogP contribution in [-0.4, -0.2) is 27.5 Å². The fourth-order valence-electron chi connectivity index (χ4n) is 1.96. The molecule has 2 N–H and O–H groups in total. The second-order valence-electron chi connectivity index (χ2n) is 5.30. The summed E-state index contributed by atoms with van der Waals surface area (Å²) in [6.07, 6.45) is 4.28. The second-order valence-corrected chi connectivity index (χ2v) is 5.30. The van der Waals surface area contributed by atoms with Gasteiger partial charge in [0, 0.05) is 12.6 Å². The second kappa shape index (κ2) is 5.38. The molecule has 2 rings (SSSR count). The number of rotatable bonds is 6. The van der Waals surface area contributed by atoms with Crippen LogP contribution in [0.2, 0.25) is 0 Å². The van der Waals surface area contributed by atoms with E-state index < -0.39 is 4.92 Å². The van der Waals surface area contributed by atoms with E-state index in [1.165, 1.54) is 6.20 Å². The zero-order valence-corrected chi connectivity index (χ0v) is 11.2. The minimum absolute atomic E-state index is 0.0649. The van der Waals surface area contributed by atoms with Gasteiger partial charge >= 0.3 is 5.69 Å². The van der Waals surface area contributed by atoms with E-state index >= 15 is 0 Å². The molecule has 7 nitrogen and oxygen atoms in total. The van der Waals surface area contributed by atoms with Crippen LogP contribution in [0.15, 0.2) is 6.20 Å². The van der Waals surface area contributed by atoms with Crippen LogP contribution in [0.1, 0.15) is 33.1 Å². The Morgan fingerprint density at radius 3 is 2.79 bits per heavy atom. The van der Waals surface area contributed by atoms with Crippen LogP contribution in [0.4, 0.5) is 17.5 Å². The lowest BCUT2D eigenvalue weighted by atomic mass is 10.1. The summed E-state index contributed by atoms with van der Waals surface area (Å²) in [5.41, 5.74) is 5.51. The normalized spacial score (nSPS) is 14.7. The molecule has 19 heavy (non-hydrogen) atoms. The van der Waals surface area contributed by atoms with Crippen molar-refractivity contribution in [1.82, 2.24) is 9.97 Å². The molecule has 0 spiro atoms. The van der Waals surface area contributed by atoms with Gasteiger partial charge in [-0.3, -0.25) is 10.1 Å². The van der Waals surface area contributed by atoms with Gasteiger partial charge in [0.05, 0.1) is 4.92 Å². The Morgan fingerprint density at radius 1 is 1.58 bits per heavy atom. The number of nitro groups is 1. The van der Waals surface area contributed by atoms with Crippen LogP contribution in [0, 0.1) is 16.0 Å². The molecule has 7 heteroatoms. The van der Waals surface area contributed by atoms with Crippen molar-refractivity contribution in [3.63, 3.8) is 0 Å². The molecule has 104 valence electrons. The molecule has 0 aromatic carbocycles. The molecule has 1 aromatic rings. The van der Waals surface area contributed by atoms with Gasteiger partial charge in [-0.25, -0.2) is 4.98 Å². The van der Waals surface area contributed by atoms with E-state index in [9.17, 15) is 10.1 Å². The van der Waals surface area contributed by atoms with Crippen LogP contribution in [0.25, 0.3) is 0 Å². The zero-order chi connectivity index (χ0) is 14.0. The molecule has 0 aliphatic heterocycles. The molecule has 0 saturated heterocycles. The van der Waals surface area contributed by atoms with Gasteiger partial charge in [-0.2, -0.15) is 4.98 Å². The van der Waals surface area contributed by atoms with Gasteiger partial charge in [0.2, 0.25) is 11.8 Å². The monoisotopic (exact) mass is 265 g/mol. The first kappa shape index (κ1) is 13.5. The number of nitrogen functional groups attached to an aromatic ring is 1. The first-order valence-electron chi connectivity index (χ1n) is 6.52. The number of anilines is 2. The highest BCUT2D eigenvalue weighted by Crippen LogP contribution is 2.35. The lowest BCUT2D eigenvalue weighted by Gasteiger charge is -2.24. The molecule has 0 unspecified atom stereocenters. The topological polar surface area (TPSA) is 98.2 Å². The van der Waals surface area contributed by atoms with Gasteiger partial charge in [0.25, 0.3) is 0 Å². The standard InChI is InChI=1S/C12H19N5O2/c1-8(2)5-6-16(9-3-4-9)11-10(17(18)19)7-14-12(13)15-11/h7-9H,3-6H2,1-2H3,(H2,13,14,15). The molecular weight excluding hydrogens is 246 g/mol. The average Bonchev–Trinajstić information content (AvgIpc) is 3.13. The summed E-state index contributed by atoms with van der Waals surface area (Å²) >= 11 is 0. The summed E-state index contributed by atoms with van der Waals surface area (Å²) in [6, 6.07) is 0.353. The number of nitrogens with zero attached hydrogens (tertiary/aromatic N) is 4. The third-order valence-corrected chi connectivity index (χ3v) is 3.17. The molecule has 0 bridgehead atoms. The minimum Gasteiger partial charge on any atom is -0.368 e.